The van der Waals surface area contributed by atoms with E-state index in [0.29, 0.717) is 12.4 Å². The maximum atomic E-state index is 6.17. The average Bonchev–Trinajstić information content (AvgIpc) is 3.07. The number of rotatable bonds is 6. The van der Waals surface area contributed by atoms with E-state index in [4.69, 9.17) is 19.9 Å². The molecule has 4 heteroatoms. The first-order valence-corrected chi connectivity index (χ1v) is 6.28. The molecule has 1 aliphatic rings. The Balaban J connectivity index is 2.33. The zero-order valence-corrected chi connectivity index (χ0v) is 11.3. The van der Waals surface area contributed by atoms with Gasteiger partial charge in [0.2, 0.25) is 0 Å². The van der Waals surface area contributed by atoms with Gasteiger partial charge in [-0.25, -0.2) is 0 Å². The summed E-state index contributed by atoms with van der Waals surface area (Å²) in [4.78, 5) is 0. The van der Waals surface area contributed by atoms with E-state index in [1.807, 2.05) is 19.1 Å². The minimum absolute atomic E-state index is 0.0502. The standard InChI is InChI=1S/C14H21NO3/c1-4-18-13-7-10(9-14(15)5-6-14)11(16-2)8-12(13)17-3/h7-8H,4-6,9,15H2,1-3H3. The predicted octanol–water partition coefficient (Wildman–Crippen LogP) is 2.14. The quantitative estimate of drug-likeness (QED) is 0.841. The van der Waals surface area contributed by atoms with Crippen LogP contribution in [0.4, 0.5) is 0 Å². The van der Waals surface area contributed by atoms with Crippen molar-refractivity contribution in [2.24, 2.45) is 5.73 Å². The van der Waals surface area contributed by atoms with Crippen LogP contribution >= 0.6 is 0 Å². The van der Waals surface area contributed by atoms with Gasteiger partial charge in [0, 0.05) is 11.6 Å². The smallest absolute Gasteiger partial charge is 0.164 e. The molecule has 1 aromatic carbocycles. The third-order valence-corrected chi connectivity index (χ3v) is 3.30. The number of nitrogens with two attached hydrogens (primary N) is 1. The highest BCUT2D eigenvalue weighted by atomic mass is 16.5. The van der Waals surface area contributed by atoms with Gasteiger partial charge in [0.05, 0.1) is 20.8 Å². The SMILES string of the molecule is CCOc1cc(CC2(N)CC2)c(OC)cc1OC. The predicted molar refractivity (Wildman–Crippen MR) is 70.6 cm³/mol. The Kier molecular flexibility index (Phi) is 3.66. The van der Waals surface area contributed by atoms with Crippen molar-refractivity contribution in [1.82, 2.24) is 0 Å². The van der Waals surface area contributed by atoms with Crippen molar-refractivity contribution in [2.75, 3.05) is 20.8 Å². The highest BCUT2D eigenvalue weighted by Gasteiger charge is 2.39. The topological polar surface area (TPSA) is 53.7 Å². The normalized spacial score (nSPS) is 16.2. The largest absolute Gasteiger partial charge is 0.496 e. The van der Waals surface area contributed by atoms with Crippen molar-refractivity contribution in [1.29, 1.82) is 0 Å². The summed E-state index contributed by atoms with van der Waals surface area (Å²) in [6.07, 6.45) is 2.97. The third-order valence-electron chi connectivity index (χ3n) is 3.30. The fourth-order valence-electron chi connectivity index (χ4n) is 2.06. The first kappa shape index (κ1) is 13.0. The Labute approximate surface area is 108 Å². The molecule has 0 atom stereocenters. The molecule has 2 rings (SSSR count). The van der Waals surface area contributed by atoms with Gasteiger partial charge >= 0.3 is 0 Å². The van der Waals surface area contributed by atoms with Crippen LogP contribution in [0.25, 0.3) is 0 Å². The average molecular weight is 251 g/mol. The van der Waals surface area contributed by atoms with Crippen LogP contribution in [0.1, 0.15) is 25.3 Å². The summed E-state index contributed by atoms with van der Waals surface area (Å²) in [6, 6.07) is 3.85. The number of hydrogen-bond donors (Lipinski definition) is 1. The molecule has 0 saturated heterocycles. The molecule has 0 bridgehead atoms. The lowest BCUT2D eigenvalue weighted by atomic mass is 10.0. The minimum atomic E-state index is -0.0502. The maximum absolute atomic E-state index is 6.17. The number of benzene rings is 1. The molecule has 1 saturated carbocycles. The number of hydrogen-bond acceptors (Lipinski definition) is 4. The van der Waals surface area contributed by atoms with Crippen LogP contribution in [0.3, 0.4) is 0 Å². The molecule has 0 amide bonds. The Morgan fingerprint density at radius 1 is 1.11 bits per heavy atom. The summed E-state index contributed by atoms with van der Waals surface area (Å²) < 4.78 is 16.3. The lowest BCUT2D eigenvalue weighted by Gasteiger charge is -2.17. The molecular formula is C14H21NO3. The molecule has 0 aromatic heterocycles. The molecule has 1 aliphatic carbocycles. The van der Waals surface area contributed by atoms with Gasteiger partial charge in [0.15, 0.2) is 11.5 Å². The molecule has 0 spiro atoms. The molecule has 1 aromatic rings. The molecular weight excluding hydrogens is 230 g/mol. The van der Waals surface area contributed by atoms with Crippen LogP contribution in [0.2, 0.25) is 0 Å². The Morgan fingerprint density at radius 3 is 2.28 bits per heavy atom. The van der Waals surface area contributed by atoms with Crippen molar-refractivity contribution in [2.45, 2.75) is 31.7 Å². The van der Waals surface area contributed by atoms with E-state index in [-0.39, 0.29) is 5.54 Å². The van der Waals surface area contributed by atoms with Crippen LogP contribution in [0.5, 0.6) is 17.2 Å². The van der Waals surface area contributed by atoms with Crippen molar-refractivity contribution >= 4 is 0 Å². The second-order valence-electron chi connectivity index (χ2n) is 4.79. The lowest BCUT2D eigenvalue weighted by Crippen LogP contribution is -2.24. The first-order chi connectivity index (χ1) is 8.61. The zero-order chi connectivity index (χ0) is 13.2. The summed E-state index contributed by atoms with van der Waals surface area (Å²) in [6.45, 7) is 2.56. The third kappa shape index (κ3) is 2.70. The highest BCUT2D eigenvalue weighted by Crippen LogP contribution is 2.41. The summed E-state index contributed by atoms with van der Waals surface area (Å²) in [5.41, 5.74) is 7.20. The molecule has 0 aliphatic heterocycles. The van der Waals surface area contributed by atoms with Gasteiger partial charge in [-0.05, 0) is 37.8 Å². The second-order valence-corrected chi connectivity index (χ2v) is 4.79. The van der Waals surface area contributed by atoms with Gasteiger partial charge in [-0.1, -0.05) is 0 Å². The Morgan fingerprint density at radius 2 is 1.78 bits per heavy atom. The molecule has 0 radical (unpaired) electrons. The Hall–Kier alpha value is -1.42. The van der Waals surface area contributed by atoms with Gasteiger partial charge in [-0.2, -0.15) is 0 Å². The van der Waals surface area contributed by atoms with E-state index in [9.17, 15) is 0 Å². The van der Waals surface area contributed by atoms with E-state index >= 15 is 0 Å². The van der Waals surface area contributed by atoms with E-state index in [2.05, 4.69) is 0 Å². The van der Waals surface area contributed by atoms with Gasteiger partial charge in [0.25, 0.3) is 0 Å². The van der Waals surface area contributed by atoms with Crippen molar-refractivity contribution in [3.8, 4) is 17.2 Å². The van der Waals surface area contributed by atoms with E-state index in [1.165, 1.54) is 0 Å². The van der Waals surface area contributed by atoms with E-state index < -0.39 is 0 Å². The van der Waals surface area contributed by atoms with Crippen LogP contribution in [0.15, 0.2) is 12.1 Å². The van der Waals surface area contributed by atoms with Crippen LogP contribution in [-0.2, 0) is 6.42 Å². The molecule has 2 N–H and O–H groups in total. The van der Waals surface area contributed by atoms with Crippen LogP contribution < -0.4 is 19.9 Å². The van der Waals surface area contributed by atoms with Crippen molar-refractivity contribution < 1.29 is 14.2 Å². The first-order valence-electron chi connectivity index (χ1n) is 6.28. The summed E-state index contributed by atoms with van der Waals surface area (Å²) >= 11 is 0. The monoisotopic (exact) mass is 251 g/mol. The maximum Gasteiger partial charge on any atom is 0.164 e. The molecule has 0 heterocycles. The fourth-order valence-corrected chi connectivity index (χ4v) is 2.06. The lowest BCUT2D eigenvalue weighted by molar-refractivity contribution is 0.307. The summed E-state index contributed by atoms with van der Waals surface area (Å²) in [7, 11) is 3.29. The number of methoxy groups -OCH3 is 2. The van der Waals surface area contributed by atoms with Gasteiger partial charge < -0.3 is 19.9 Å². The molecule has 0 unspecified atom stereocenters. The van der Waals surface area contributed by atoms with E-state index in [0.717, 1.165) is 36.3 Å². The molecule has 1 fully saturated rings. The number of ether oxygens (including phenoxy) is 3. The zero-order valence-electron chi connectivity index (χ0n) is 11.3. The van der Waals surface area contributed by atoms with Gasteiger partial charge in [0.1, 0.15) is 5.75 Å². The van der Waals surface area contributed by atoms with Crippen LogP contribution in [0, 0.1) is 0 Å². The molecule has 100 valence electrons. The van der Waals surface area contributed by atoms with E-state index in [1.54, 1.807) is 14.2 Å². The summed E-state index contributed by atoms with van der Waals surface area (Å²) in [5, 5.41) is 0. The molecule has 4 nitrogen and oxygen atoms in total. The van der Waals surface area contributed by atoms with Crippen LogP contribution in [-0.4, -0.2) is 26.4 Å². The highest BCUT2D eigenvalue weighted by molar-refractivity contribution is 5.51. The van der Waals surface area contributed by atoms with Gasteiger partial charge in [-0.15, -0.1) is 0 Å². The molecule has 18 heavy (non-hydrogen) atoms. The van der Waals surface area contributed by atoms with Crippen molar-refractivity contribution in [3.63, 3.8) is 0 Å². The summed E-state index contributed by atoms with van der Waals surface area (Å²) in [5.74, 6) is 2.26. The minimum Gasteiger partial charge on any atom is -0.496 e. The van der Waals surface area contributed by atoms with Gasteiger partial charge in [-0.3, -0.25) is 0 Å². The van der Waals surface area contributed by atoms with Crippen molar-refractivity contribution in [3.05, 3.63) is 17.7 Å². The Bertz CT molecular complexity index is 427. The fraction of sp³-hybridized carbons (Fsp3) is 0.571. The second kappa shape index (κ2) is 5.06.